The Bertz CT molecular complexity index is 678. The number of hydrogen-bond acceptors (Lipinski definition) is 5. The van der Waals surface area contributed by atoms with Gasteiger partial charge in [-0.05, 0) is 40.4 Å². The van der Waals surface area contributed by atoms with Gasteiger partial charge in [0.2, 0.25) is 0 Å². The molecule has 1 spiro atoms. The van der Waals surface area contributed by atoms with Crippen LogP contribution in [0.5, 0.6) is 0 Å². The molecule has 24 heavy (non-hydrogen) atoms. The van der Waals surface area contributed by atoms with Crippen LogP contribution >= 0.6 is 15.9 Å². The summed E-state index contributed by atoms with van der Waals surface area (Å²) in [5, 5.41) is 3.48. The molecule has 1 aromatic rings. The van der Waals surface area contributed by atoms with Crippen LogP contribution in [0.25, 0.3) is 0 Å². The van der Waals surface area contributed by atoms with E-state index in [0.717, 1.165) is 35.3 Å². The van der Waals surface area contributed by atoms with Gasteiger partial charge >= 0.3 is 0 Å². The average Bonchev–Trinajstić information content (AvgIpc) is 3.11. The SMILES string of the molecule is O=C1Cc2nc(Br)ccc2COCC=CCOC[C@@]23C[C@@H]1N[C@@H]2C3. The average molecular weight is 393 g/mol. The Morgan fingerprint density at radius 2 is 2.04 bits per heavy atom. The summed E-state index contributed by atoms with van der Waals surface area (Å²) in [4.78, 5) is 17.2. The van der Waals surface area contributed by atoms with Gasteiger partial charge in [0, 0.05) is 11.5 Å². The van der Waals surface area contributed by atoms with Crippen LogP contribution in [0.2, 0.25) is 0 Å². The van der Waals surface area contributed by atoms with Crippen molar-refractivity contribution in [3.63, 3.8) is 0 Å². The maximum atomic E-state index is 12.7. The highest BCUT2D eigenvalue weighted by atomic mass is 79.9. The number of carbonyl (C=O) groups excluding carboxylic acids is 1. The van der Waals surface area contributed by atoms with Crippen molar-refractivity contribution in [1.82, 2.24) is 10.3 Å². The van der Waals surface area contributed by atoms with Crippen LogP contribution in [0.3, 0.4) is 0 Å². The summed E-state index contributed by atoms with van der Waals surface area (Å²) in [5.41, 5.74) is 1.95. The minimum atomic E-state index is -0.0810. The van der Waals surface area contributed by atoms with Gasteiger partial charge in [-0.2, -0.15) is 0 Å². The first kappa shape index (κ1) is 16.4. The van der Waals surface area contributed by atoms with Crippen molar-refractivity contribution < 1.29 is 14.3 Å². The number of ether oxygens (including phenoxy) is 2. The molecule has 0 amide bonds. The molecule has 0 unspecified atom stereocenters. The Labute approximate surface area is 149 Å². The van der Waals surface area contributed by atoms with Gasteiger partial charge in [0.05, 0.1) is 44.6 Å². The van der Waals surface area contributed by atoms with Gasteiger partial charge in [-0.3, -0.25) is 4.79 Å². The number of pyridine rings is 1. The summed E-state index contributed by atoms with van der Waals surface area (Å²) in [5.74, 6) is 0.210. The molecule has 1 saturated heterocycles. The predicted molar refractivity (Wildman–Crippen MR) is 92.6 cm³/mol. The summed E-state index contributed by atoms with van der Waals surface area (Å²) < 4.78 is 12.2. The number of piperidine rings is 1. The van der Waals surface area contributed by atoms with Crippen molar-refractivity contribution in [3.8, 4) is 0 Å². The summed E-state index contributed by atoms with van der Waals surface area (Å²) in [7, 11) is 0. The third-order valence-corrected chi connectivity index (χ3v) is 5.65. The number of hydrogen-bond donors (Lipinski definition) is 1. The summed E-state index contributed by atoms with van der Waals surface area (Å²) >= 11 is 3.40. The fourth-order valence-electron chi connectivity index (χ4n) is 3.72. The van der Waals surface area contributed by atoms with E-state index in [1.807, 2.05) is 24.3 Å². The molecule has 1 aliphatic carbocycles. The minimum Gasteiger partial charge on any atom is -0.377 e. The third-order valence-electron chi connectivity index (χ3n) is 5.21. The van der Waals surface area contributed by atoms with Gasteiger partial charge in [0.15, 0.2) is 5.78 Å². The molecule has 2 aliphatic heterocycles. The van der Waals surface area contributed by atoms with Crippen LogP contribution in [-0.2, 0) is 27.3 Å². The second-order valence-corrected chi connectivity index (χ2v) is 7.74. The molecule has 0 radical (unpaired) electrons. The Kier molecular flexibility index (Phi) is 4.56. The summed E-state index contributed by atoms with van der Waals surface area (Å²) in [6.45, 7) is 2.31. The van der Waals surface area contributed by atoms with Crippen LogP contribution in [0, 0.1) is 5.41 Å². The van der Waals surface area contributed by atoms with Crippen LogP contribution in [-0.4, -0.2) is 42.7 Å². The third kappa shape index (κ3) is 3.33. The fraction of sp³-hybridized carbons (Fsp3) is 0.556. The first-order chi connectivity index (χ1) is 11.7. The quantitative estimate of drug-likeness (QED) is 0.541. The van der Waals surface area contributed by atoms with Gasteiger partial charge in [-0.25, -0.2) is 4.98 Å². The monoisotopic (exact) mass is 392 g/mol. The highest BCUT2D eigenvalue weighted by molar-refractivity contribution is 9.10. The second kappa shape index (κ2) is 6.67. The largest absolute Gasteiger partial charge is 0.377 e. The number of ketones is 1. The Balaban J connectivity index is 1.55. The molecule has 3 heterocycles. The molecular formula is C18H21BrN2O3. The highest BCUT2D eigenvalue weighted by Crippen LogP contribution is 2.54. The number of nitrogens with one attached hydrogen (secondary N) is 1. The molecule has 2 bridgehead atoms. The van der Waals surface area contributed by atoms with Crippen molar-refractivity contribution in [3.05, 3.63) is 40.1 Å². The lowest BCUT2D eigenvalue weighted by atomic mass is 9.95. The van der Waals surface area contributed by atoms with Crippen molar-refractivity contribution in [2.75, 3.05) is 19.8 Å². The van der Waals surface area contributed by atoms with Gasteiger partial charge < -0.3 is 14.8 Å². The molecule has 3 aliphatic rings. The van der Waals surface area contributed by atoms with E-state index in [1.165, 1.54) is 0 Å². The van der Waals surface area contributed by atoms with E-state index in [9.17, 15) is 4.79 Å². The van der Waals surface area contributed by atoms with Gasteiger partial charge in [0.25, 0.3) is 0 Å². The molecule has 6 heteroatoms. The summed E-state index contributed by atoms with van der Waals surface area (Å²) in [6.07, 6.45) is 6.31. The molecule has 128 valence electrons. The molecular weight excluding hydrogens is 372 g/mol. The first-order valence-corrected chi connectivity index (χ1v) is 9.19. The van der Waals surface area contributed by atoms with Gasteiger partial charge in [-0.1, -0.05) is 18.2 Å². The zero-order chi connectivity index (χ0) is 16.6. The Morgan fingerprint density at radius 1 is 1.21 bits per heavy atom. The standard InChI is InChI=1S/C18H21BrN2O3/c19-17-4-3-12-10-23-5-1-2-6-24-11-18-8-14(20-16(18)9-18)15(22)7-13(12)21-17/h1-4,14,16,20H,5-11H2/t14-,16+,18-/m0/s1. The van der Waals surface area contributed by atoms with Crippen LogP contribution in [0.4, 0.5) is 0 Å². The normalized spacial score (nSPS) is 33.3. The molecule has 4 rings (SSSR count). The lowest BCUT2D eigenvalue weighted by Gasteiger charge is -2.16. The van der Waals surface area contributed by atoms with E-state index in [0.29, 0.717) is 32.3 Å². The molecule has 5 nitrogen and oxygen atoms in total. The minimum absolute atomic E-state index is 0.0810. The number of halogens is 1. The van der Waals surface area contributed by atoms with E-state index in [2.05, 4.69) is 26.2 Å². The Hall–Kier alpha value is -1.08. The van der Waals surface area contributed by atoms with E-state index < -0.39 is 0 Å². The molecule has 0 aromatic carbocycles. The number of nitrogens with zero attached hydrogens (tertiary/aromatic N) is 1. The zero-order valence-electron chi connectivity index (χ0n) is 13.5. The number of carbonyl (C=O) groups is 1. The first-order valence-electron chi connectivity index (χ1n) is 8.40. The van der Waals surface area contributed by atoms with E-state index in [-0.39, 0.29) is 17.2 Å². The highest BCUT2D eigenvalue weighted by Gasteiger charge is 2.61. The number of fused-ring (bicyclic) bond motifs is 2. The van der Waals surface area contributed by atoms with E-state index in [4.69, 9.17) is 9.47 Å². The second-order valence-electron chi connectivity index (χ2n) is 6.93. The number of rotatable bonds is 0. The van der Waals surface area contributed by atoms with Crippen molar-refractivity contribution in [2.24, 2.45) is 5.41 Å². The smallest absolute Gasteiger partial charge is 0.155 e. The predicted octanol–water partition coefficient (Wildman–Crippen LogP) is 2.18. The molecule has 1 aromatic heterocycles. The topological polar surface area (TPSA) is 60.5 Å². The van der Waals surface area contributed by atoms with Gasteiger partial charge in [-0.15, -0.1) is 0 Å². The maximum Gasteiger partial charge on any atom is 0.155 e. The van der Waals surface area contributed by atoms with E-state index >= 15 is 0 Å². The van der Waals surface area contributed by atoms with E-state index in [1.54, 1.807) is 0 Å². The van der Waals surface area contributed by atoms with Crippen molar-refractivity contribution in [2.45, 2.75) is 38.0 Å². The van der Waals surface area contributed by atoms with Crippen LogP contribution < -0.4 is 5.32 Å². The zero-order valence-corrected chi connectivity index (χ0v) is 15.0. The lowest BCUT2D eigenvalue weighted by molar-refractivity contribution is -0.120. The molecule has 3 atom stereocenters. The summed E-state index contributed by atoms with van der Waals surface area (Å²) in [6, 6.07) is 4.22. The van der Waals surface area contributed by atoms with Gasteiger partial charge in [0.1, 0.15) is 4.60 Å². The molecule has 1 N–H and O–H groups in total. The van der Waals surface area contributed by atoms with Crippen LogP contribution in [0.1, 0.15) is 24.1 Å². The number of aromatic nitrogens is 1. The Morgan fingerprint density at radius 3 is 2.92 bits per heavy atom. The van der Waals surface area contributed by atoms with Crippen molar-refractivity contribution in [1.29, 1.82) is 0 Å². The molecule has 1 saturated carbocycles. The fourth-order valence-corrected chi connectivity index (χ4v) is 4.07. The van der Waals surface area contributed by atoms with Crippen molar-refractivity contribution >= 4 is 21.7 Å². The maximum absolute atomic E-state index is 12.7. The number of Topliss-reactive ketones (excluding diaryl/α,β-unsaturated/α-hetero) is 1. The molecule has 2 fully saturated rings. The van der Waals surface area contributed by atoms with Crippen LogP contribution in [0.15, 0.2) is 28.9 Å². The lowest BCUT2D eigenvalue weighted by Crippen LogP contribution is -2.35.